The Bertz CT molecular complexity index is 1010. The molecule has 0 bridgehead atoms. The molecule has 2 N–H and O–H groups in total. The van der Waals surface area contributed by atoms with Crippen molar-refractivity contribution >= 4 is 49.4 Å². The summed E-state index contributed by atoms with van der Waals surface area (Å²) in [5, 5.41) is 6.41. The number of furan rings is 1. The Balaban J connectivity index is 1.37. The predicted molar refractivity (Wildman–Crippen MR) is 103 cm³/mol. The Hall–Kier alpha value is -1.75. The van der Waals surface area contributed by atoms with Crippen LogP contribution in [-0.2, 0) is 13.0 Å². The Labute approximate surface area is 153 Å². The van der Waals surface area contributed by atoms with Crippen LogP contribution in [0.3, 0.4) is 0 Å². The molecule has 0 atom stereocenters. The minimum Gasteiger partial charge on any atom is -0.459 e. The lowest BCUT2D eigenvalue weighted by Crippen LogP contribution is -2.16. The van der Waals surface area contributed by atoms with Gasteiger partial charge in [-0.3, -0.25) is 0 Å². The van der Waals surface area contributed by atoms with E-state index in [2.05, 4.69) is 50.5 Å². The van der Waals surface area contributed by atoms with Crippen molar-refractivity contribution in [2.45, 2.75) is 13.0 Å². The SMILES string of the molecule is Clc1cc(Br)c2oc(CNCCc3ccc4[nH]ccc4c3)cc2c1. The van der Waals surface area contributed by atoms with Crippen LogP contribution in [-0.4, -0.2) is 11.5 Å². The van der Waals surface area contributed by atoms with Gasteiger partial charge in [-0.1, -0.05) is 17.7 Å². The second-order valence-corrected chi connectivity index (χ2v) is 7.14. The van der Waals surface area contributed by atoms with Crippen LogP contribution in [0.2, 0.25) is 5.02 Å². The molecule has 2 aromatic heterocycles. The highest BCUT2D eigenvalue weighted by molar-refractivity contribution is 9.10. The van der Waals surface area contributed by atoms with E-state index in [9.17, 15) is 0 Å². The molecule has 0 spiro atoms. The molecule has 5 heteroatoms. The number of hydrogen-bond donors (Lipinski definition) is 2. The van der Waals surface area contributed by atoms with Crippen molar-refractivity contribution in [1.29, 1.82) is 0 Å². The number of benzene rings is 2. The summed E-state index contributed by atoms with van der Waals surface area (Å²) >= 11 is 9.56. The van der Waals surface area contributed by atoms with Gasteiger partial charge >= 0.3 is 0 Å². The molecule has 0 unspecified atom stereocenters. The summed E-state index contributed by atoms with van der Waals surface area (Å²) in [6, 6.07) is 14.4. The molecule has 0 aliphatic rings. The molecular weight excluding hydrogens is 388 g/mol. The summed E-state index contributed by atoms with van der Waals surface area (Å²) in [6.07, 6.45) is 2.95. The number of fused-ring (bicyclic) bond motifs is 2. The highest BCUT2D eigenvalue weighted by Crippen LogP contribution is 2.30. The van der Waals surface area contributed by atoms with E-state index in [1.54, 1.807) is 0 Å². The second kappa shape index (κ2) is 6.63. The third kappa shape index (κ3) is 3.22. The largest absolute Gasteiger partial charge is 0.459 e. The average Bonchev–Trinajstić information content (AvgIpc) is 3.17. The van der Waals surface area contributed by atoms with Crippen molar-refractivity contribution in [3.8, 4) is 0 Å². The average molecular weight is 404 g/mol. The summed E-state index contributed by atoms with van der Waals surface area (Å²) in [6.45, 7) is 1.60. The molecular formula is C19H16BrClN2O. The highest BCUT2D eigenvalue weighted by Gasteiger charge is 2.08. The molecule has 122 valence electrons. The third-order valence-corrected chi connectivity index (χ3v) is 4.90. The van der Waals surface area contributed by atoms with E-state index in [0.29, 0.717) is 11.6 Å². The maximum absolute atomic E-state index is 6.07. The van der Waals surface area contributed by atoms with Crippen molar-refractivity contribution in [2.24, 2.45) is 0 Å². The van der Waals surface area contributed by atoms with Crippen molar-refractivity contribution in [2.75, 3.05) is 6.54 Å². The van der Waals surface area contributed by atoms with Gasteiger partial charge in [0.05, 0.1) is 11.0 Å². The zero-order valence-electron chi connectivity index (χ0n) is 12.9. The quantitative estimate of drug-likeness (QED) is 0.422. The smallest absolute Gasteiger partial charge is 0.148 e. The molecule has 0 radical (unpaired) electrons. The first-order valence-electron chi connectivity index (χ1n) is 7.83. The number of aromatic nitrogens is 1. The van der Waals surface area contributed by atoms with Crippen LogP contribution in [0.15, 0.2) is 57.6 Å². The number of hydrogen-bond acceptors (Lipinski definition) is 2. The van der Waals surface area contributed by atoms with Crippen molar-refractivity contribution in [1.82, 2.24) is 10.3 Å². The van der Waals surface area contributed by atoms with E-state index < -0.39 is 0 Å². The Morgan fingerprint density at radius 1 is 1.08 bits per heavy atom. The lowest BCUT2D eigenvalue weighted by atomic mass is 10.1. The molecule has 4 rings (SSSR count). The summed E-state index contributed by atoms with van der Waals surface area (Å²) in [7, 11) is 0. The molecule has 2 aromatic carbocycles. The van der Waals surface area contributed by atoms with Gasteiger partial charge < -0.3 is 14.7 Å². The van der Waals surface area contributed by atoms with Crippen LogP contribution in [0.25, 0.3) is 21.9 Å². The van der Waals surface area contributed by atoms with E-state index in [1.807, 2.05) is 24.4 Å². The summed E-state index contributed by atoms with van der Waals surface area (Å²) in [5.41, 5.74) is 3.35. The van der Waals surface area contributed by atoms with Gasteiger partial charge in [0.2, 0.25) is 0 Å². The number of rotatable bonds is 5. The van der Waals surface area contributed by atoms with Crippen molar-refractivity contribution < 1.29 is 4.42 Å². The van der Waals surface area contributed by atoms with Crippen LogP contribution in [0.4, 0.5) is 0 Å². The van der Waals surface area contributed by atoms with Crippen LogP contribution >= 0.6 is 27.5 Å². The van der Waals surface area contributed by atoms with Gasteiger partial charge in [-0.25, -0.2) is 0 Å². The summed E-state index contributed by atoms with van der Waals surface area (Å²) < 4.78 is 6.77. The van der Waals surface area contributed by atoms with Crippen molar-refractivity contribution in [3.05, 3.63) is 69.5 Å². The first-order valence-corrected chi connectivity index (χ1v) is 9.00. The molecule has 0 saturated heterocycles. The van der Waals surface area contributed by atoms with Gasteiger partial charge in [0.1, 0.15) is 11.3 Å². The zero-order valence-corrected chi connectivity index (χ0v) is 15.2. The maximum atomic E-state index is 6.07. The Morgan fingerprint density at radius 2 is 2.00 bits per heavy atom. The number of H-pyrrole nitrogens is 1. The lowest BCUT2D eigenvalue weighted by molar-refractivity contribution is 0.514. The van der Waals surface area contributed by atoms with Crippen LogP contribution in [0.1, 0.15) is 11.3 Å². The molecule has 0 aliphatic carbocycles. The molecule has 0 fully saturated rings. The Morgan fingerprint density at radius 3 is 2.92 bits per heavy atom. The van der Waals surface area contributed by atoms with Crippen LogP contribution in [0.5, 0.6) is 0 Å². The topological polar surface area (TPSA) is 41.0 Å². The highest BCUT2D eigenvalue weighted by atomic mass is 79.9. The minimum atomic E-state index is 0.700. The van der Waals surface area contributed by atoms with Gasteiger partial charge in [-0.2, -0.15) is 0 Å². The van der Waals surface area contributed by atoms with Crippen LogP contribution < -0.4 is 5.32 Å². The van der Waals surface area contributed by atoms with Gasteiger partial charge in [0.15, 0.2) is 0 Å². The molecule has 24 heavy (non-hydrogen) atoms. The normalized spacial score (nSPS) is 11.6. The maximum Gasteiger partial charge on any atom is 0.148 e. The zero-order chi connectivity index (χ0) is 16.5. The molecule has 0 saturated carbocycles. The van der Waals surface area contributed by atoms with Crippen LogP contribution in [0, 0.1) is 0 Å². The predicted octanol–water partition coefficient (Wildman–Crippen LogP) is 5.66. The standard InChI is InChI=1S/C19H16BrClN2O/c20-17-10-15(21)8-14-9-16(24-19(14)17)11-22-5-3-12-1-2-18-13(7-12)4-6-23-18/h1-2,4,6-10,22-23H,3,5,11H2. The molecule has 3 nitrogen and oxygen atoms in total. The monoisotopic (exact) mass is 402 g/mol. The Kier molecular flexibility index (Phi) is 4.35. The van der Waals surface area contributed by atoms with Gasteiger partial charge in [0.25, 0.3) is 0 Å². The summed E-state index contributed by atoms with van der Waals surface area (Å²) in [4.78, 5) is 3.22. The van der Waals surface area contributed by atoms with E-state index >= 15 is 0 Å². The van der Waals surface area contributed by atoms with E-state index in [-0.39, 0.29) is 0 Å². The number of halogens is 2. The molecule has 4 aromatic rings. The third-order valence-electron chi connectivity index (χ3n) is 4.09. The molecule has 0 aliphatic heterocycles. The number of aromatic amines is 1. The van der Waals surface area contributed by atoms with Gasteiger partial charge in [-0.15, -0.1) is 0 Å². The van der Waals surface area contributed by atoms with Gasteiger partial charge in [0, 0.05) is 22.1 Å². The van der Waals surface area contributed by atoms with Gasteiger partial charge in [-0.05, 0) is 76.2 Å². The molecule has 0 amide bonds. The fraction of sp³-hybridized carbons (Fsp3) is 0.158. The first-order chi connectivity index (χ1) is 11.7. The first kappa shape index (κ1) is 15.8. The fourth-order valence-electron chi connectivity index (χ4n) is 2.92. The lowest BCUT2D eigenvalue weighted by Gasteiger charge is -2.03. The van der Waals surface area contributed by atoms with E-state index in [1.165, 1.54) is 16.5 Å². The summed E-state index contributed by atoms with van der Waals surface area (Å²) in [5.74, 6) is 0.911. The molecule has 2 heterocycles. The van der Waals surface area contributed by atoms with E-state index in [4.69, 9.17) is 16.0 Å². The van der Waals surface area contributed by atoms with E-state index in [0.717, 1.165) is 34.2 Å². The minimum absolute atomic E-state index is 0.700. The second-order valence-electron chi connectivity index (χ2n) is 5.84. The number of nitrogens with one attached hydrogen (secondary N) is 2. The van der Waals surface area contributed by atoms with Crippen molar-refractivity contribution in [3.63, 3.8) is 0 Å². The fourth-order valence-corrected chi connectivity index (χ4v) is 3.83.